The van der Waals surface area contributed by atoms with Crippen LogP contribution in [0.2, 0.25) is 0 Å². The molecule has 2 heterocycles. The Labute approximate surface area is 198 Å². The van der Waals surface area contributed by atoms with Crippen LogP contribution in [0.1, 0.15) is 17.3 Å². The fraction of sp³-hybridized carbons (Fsp3) is 0.167. The van der Waals surface area contributed by atoms with Crippen molar-refractivity contribution < 1.29 is 23.5 Å². The number of pyridine rings is 1. The summed E-state index contributed by atoms with van der Waals surface area (Å²) in [4.78, 5) is 32.8. The maximum absolute atomic E-state index is 15.8. The Balaban J connectivity index is 1.92. The van der Waals surface area contributed by atoms with Gasteiger partial charge in [0.2, 0.25) is 0 Å². The van der Waals surface area contributed by atoms with Gasteiger partial charge in [-0.15, -0.1) is 0 Å². The molecule has 2 aromatic carbocycles. The summed E-state index contributed by atoms with van der Waals surface area (Å²) in [7, 11) is 2.70. The molecule has 0 unspecified atom stereocenters. The number of aromatic nitrogens is 2. The van der Waals surface area contributed by atoms with Gasteiger partial charge < -0.3 is 14.8 Å². The average molecular weight is 481 g/mol. The van der Waals surface area contributed by atoms with Crippen molar-refractivity contribution in [1.29, 1.82) is 0 Å². The summed E-state index contributed by atoms with van der Waals surface area (Å²) in [5, 5.41) is 5.53. The smallest absolute Gasteiger partial charge is 0.341 e. The van der Waals surface area contributed by atoms with Gasteiger partial charge in [-0.2, -0.15) is 0 Å². The molecule has 0 spiro atoms. The zero-order valence-electron chi connectivity index (χ0n) is 18.6. The van der Waals surface area contributed by atoms with E-state index in [4.69, 9.17) is 9.47 Å². The van der Waals surface area contributed by atoms with Crippen LogP contribution in [0.25, 0.3) is 32.6 Å². The number of fused-ring (bicyclic) bond motifs is 1. The van der Waals surface area contributed by atoms with Crippen LogP contribution in [-0.4, -0.2) is 42.7 Å². The van der Waals surface area contributed by atoms with Gasteiger partial charge in [-0.05, 0) is 42.8 Å². The molecule has 0 saturated carbocycles. The van der Waals surface area contributed by atoms with Gasteiger partial charge in [-0.25, -0.2) is 19.0 Å². The van der Waals surface area contributed by atoms with E-state index in [1.165, 1.54) is 20.3 Å². The van der Waals surface area contributed by atoms with Gasteiger partial charge in [0.05, 0.1) is 24.6 Å². The van der Waals surface area contributed by atoms with Crippen LogP contribution in [0, 0.1) is 5.82 Å². The lowest BCUT2D eigenvalue weighted by atomic mass is 9.98. The molecule has 0 radical (unpaired) electrons. The van der Waals surface area contributed by atoms with Crippen molar-refractivity contribution in [2.75, 3.05) is 26.1 Å². The first-order chi connectivity index (χ1) is 16.5. The third-order valence-electron chi connectivity index (χ3n) is 5.02. The second-order valence-corrected chi connectivity index (χ2v) is 8.09. The van der Waals surface area contributed by atoms with E-state index in [0.717, 1.165) is 11.3 Å². The van der Waals surface area contributed by atoms with Crippen molar-refractivity contribution in [3.05, 3.63) is 60.0 Å². The number of esters is 1. The Morgan fingerprint density at radius 3 is 2.62 bits per heavy atom. The summed E-state index contributed by atoms with van der Waals surface area (Å²) in [6.45, 7) is 2.24. The van der Waals surface area contributed by atoms with Gasteiger partial charge in [0, 0.05) is 23.9 Å². The summed E-state index contributed by atoms with van der Waals surface area (Å²) in [6, 6.07) is 11.4. The predicted octanol–water partition coefficient (Wildman–Crippen LogP) is 5.10. The van der Waals surface area contributed by atoms with Crippen LogP contribution in [0.15, 0.2) is 48.7 Å². The Morgan fingerprint density at radius 1 is 1.12 bits per heavy atom. The number of halogens is 1. The number of carbonyl (C=O) groups excluding carboxylic acids is 2. The molecule has 2 aromatic heterocycles. The normalized spacial score (nSPS) is 10.7. The molecular weight excluding hydrogens is 459 g/mol. The lowest BCUT2D eigenvalue weighted by Crippen LogP contribution is -2.28. The molecule has 2 N–H and O–H groups in total. The molecule has 2 amide bonds. The maximum Gasteiger partial charge on any atom is 0.341 e. The molecule has 4 aromatic rings. The van der Waals surface area contributed by atoms with Gasteiger partial charge in [-0.1, -0.05) is 23.5 Å². The summed E-state index contributed by atoms with van der Waals surface area (Å²) in [6.07, 6.45) is 1.65. The molecule has 174 valence electrons. The number of benzene rings is 2. The van der Waals surface area contributed by atoms with Crippen molar-refractivity contribution in [2.24, 2.45) is 0 Å². The van der Waals surface area contributed by atoms with E-state index >= 15 is 4.39 Å². The van der Waals surface area contributed by atoms with Gasteiger partial charge in [0.25, 0.3) is 0 Å². The fourth-order valence-electron chi connectivity index (χ4n) is 3.47. The highest BCUT2D eigenvalue weighted by Gasteiger charge is 2.22. The first-order valence-corrected chi connectivity index (χ1v) is 11.1. The number of ether oxygens (including phenoxy) is 2. The van der Waals surface area contributed by atoms with Crippen molar-refractivity contribution in [1.82, 2.24) is 15.3 Å². The molecule has 0 bridgehead atoms. The van der Waals surface area contributed by atoms with Crippen LogP contribution in [-0.2, 0) is 4.74 Å². The van der Waals surface area contributed by atoms with E-state index in [1.807, 2.05) is 12.1 Å². The average Bonchev–Trinajstić information content (AvgIpc) is 3.28. The quantitative estimate of drug-likeness (QED) is 0.372. The third kappa shape index (κ3) is 4.40. The zero-order chi connectivity index (χ0) is 24.2. The van der Waals surface area contributed by atoms with Crippen LogP contribution < -0.4 is 15.4 Å². The maximum atomic E-state index is 15.8. The molecule has 0 aliphatic rings. The number of amides is 2. The molecule has 0 saturated heterocycles. The topological polar surface area (TPSA) is 102 Å². The largest absolute Gasteiger partial charge is 0.496 e. The van der Waals surface area contributed by atoms with E-state index in [-0.39, 0.29) is 27.5 Å². The van der Waals surface area contributed by atoms with Crippen LogP contribution in [0.4, 0.5) is 14.3 Å². The number of nitrogens with one attached hydrogen (secondary N) is 2. The number of hydrogen-bond acceptors (Lipinski definition) is 7. The molecule has 10 heteroatoms. The lowest BCUT2D eigenvalue weighted by molar-refractivity contribution is 0.0597. The first-order valence-electron chi connectivity index (χ1n) is 10.3. The van der Waals surface area contributed by atoms with Gasteiger partial charge in [0.15, 0.2) is 10.9 Å². The minimum atomic E-state index is -0.567. The standard InChI is InChI=1S/C24H21FN4O4S/c1-4-26-23(31)29-24-28-20-19(25)15(12-16(21(20)34-24)17-7-5-6-10-27-17)13-8-9-14(22(30)33-3)18(11-13)32-2/h5-12H,4H2,1-3H3,(H2,26,28,29,31). The van der Waals surface area contributed by atoms with Crippen molar-refractivity contribution in [3.8, 4) is 28.1 Å². The van der Waals surface area contributed by atoms with E-state index in [0.29, 0.717) is 28.1 Å². The van der Waals surface area contributed by atoms with Gasteiger partial charge in [0.1, 0.15) is 16.8 Å². The highest BCUT2D eigenvalue weighted by atomic mass is 32.1. The molecule has 0 atom stereocenters. The Morgan fingerprint density at radius 2 is 1.94 bits per heavy atom. The van der Waals surface area contributed by atoms with Crippen molar-refractivity contribution in [2.45, 2.75) is 6.92 Å². The fourth-order valence-corrected chi connectivity index (χ4v) is 4.45. The number of rotatable bonds is 6. The Kier molecular flexibility index (Phi) is 6.69. The molecule has 4 rings (SSSR count). The van der Waals surface area contributed by atoms with E-state index in [2.05, 4.69) is 20.6 Å². The lowest BCUT2D eigenvalue weighted by Gasteiger charge is -2.12. The molecule has 8 nitrogen and oxygen atoms in total. The second kappa shape index (κ2) is 9.84. The third-order valence-corrected chi connectivity index (χ3v) is 6.03. The van der Waals surface area contributed by atoms with E-state index in [9.17, 15) is 9.59 Å². The second-order valence-electron chi connectivity index (χ2n) is 7.09. The SMILES string of the molecule is CCNC(=O)Nc1nc2c(F)c(-c3ccc(C(=O)OC)c(OC)c3)cc(-c3ccccn3)c2s1. The van der Waals surface area contributed by atoms with E-state index < -0.39 is 17.8 Å². The highest BCUT2D eigenvalue weighted by molar-refractivity contribution is 7.22. The van der Waals surface area contributed by atoms with Crippen LogP contribution in [0.5, 0.6) is 5.75 Å². The molecule has 0 aliphatic heterocycles. The molecule has 0 aliphatic carbocycles. The van der Waals surface area contributed by atoms with Crippen LogP contribution in [0.3, 0.4) is 0 Å². The number of hydrogen-bond donors (Lipinski definition) is 2. The van der Waals surface area contributed by atoms with Gasteiger partial charge in [-0.3, -0.25) is 10.3 Å². The number of thiazole rings is 1. The molecule has 34 heavy (non-hydrogen) atoms. The summed E-state index contributed by atoms with van der Waals surface area (Å²) >= 11 is 1.16. The molecular formula is C24H21FN4O4S. The van der Waals surface area contributed by atoms with E-state index in [1.54, 1.807) is 37.4 Å². The predicted molar refractivity (Wildman–Crippen MR) is 129 cm³/mol. The minimum absolute atomic E-state index is 0.103. The summed E-state index contributed by atoms with van der Waals surface area (Å²) < 4.78 is 26.4. The molecule has 0 fully saturated rings. The van der Waals surface area contributed by atoms with Crippen molar-refractivity contribution >= 4 is 38.7 Å². The van der Waals surface area contributed by atoms with Crippen molar-refractivity contribution in [3.63, 3.8) is 0 Å². The Bertz CT molecular complexity index is 1370. The number of nitrogens with zero attached hydrogens (tertiary/aromatic N) is 2. The van der Waals surface area contributed by atoms with Crippen LogP contribution >= 0.6 is 11.3 Å². The zero-order valence-corrected chi connectivity index (χ0v) is 19.5. The first kappa shape index (κ1) is 23.1. The number of methoxy groups -OCH3 is 2. The monoisotopic (exact) mass is 480 g/mol. The minimum Gasteiger partial charge on any atom is -0.496 e. The number of carbonyl (C=O) groups is 2. The number of anilines is 1. The highest BCUT2D eigenvalue weighted by Crippen LogP contribution is 2.41. The summed E-state index contributed by atoms with van der Waals surface area (Å²) in [5.41, 5.74) is 2.34. The number of urea groups is 1. The van der Waals surface area contributed by atoms with Gasteiger partial charge >= 0.3 is 12.0 Å². The summed E-state index contributed by atoms with van der Waals surface area (Å²) in [5.74, 6) is -0.878. The Hall–Kier alpha value is -4.05.